The highest BCUT2D eigenvalue weighted by atomic mass is 16.4. The molecule has 23 heavy (non-hydrogen) atoms. The van der Waals surface area contributed by atoms with Gasteiger partial charge in [0.05, 0.1) is 12.0 Å². The first-order valence-electron chi connectivity index (χ1n) is 8.08. The molecule has 1 unspecified atom stereocenters. The lowest BCUT2D eigenvalue weighted by atomic mass is 9.91. The van der Waals surface area contributed by atoms with E-state index in [1.807, 2.05) is 12.3 Å². The molecular formula is C19H22N2O2. The third-order valence-corrected chi connectivity index (χ3v) is 4.64. The van der Waals surface area contributed by atoms with Crippen molar-refractivity contribution in [2.45, 2.75) is 25.8 Å². The zero-order valence-corrected chi connectivity index (χ0v) is 13.4. The van der Waals surface area contributed by atoms with Gasteiger partial charge in [-0.3, -0.25) is 14.7 Å². The van der Waals surface area contributed by atoms with Crippen LogP contribution >= 0.6 is 0 Å². The molecule has 1 aliphatic heterocycles. The summed E-state index contributed by atoms with van der Waals surface area (Å²) in [5, 5.41) is 9.20. The van der Waals surface area contributed by atoms with Gasteiger partial charge in [0, 0.05) is 12.4 Å². The van der Waals surface area contributed by atoms with Crippen molar-refractivity contribution in [3.05, 3.63) is 65.5 Å². The van der Waals surface area contributed by atoms with E-state index in [1.54, 1.807) is 6.20 Å². The normalized spacial score (nSPS) is 17.8. The Morgan fingerprint density at radius 3 is 2.43 bits per heavy atom. The fourth-order valence-corrected chi connectivity index (χ4v) is 3.31. The number of carboxylic acid groups (broad SMARTS) is 1. The summed E-state index contributed by atoms with van der Waals surface area (Å²) >= 11 is 0. The molecule has 1 fully saturated rings. The fraction of sp³-hybridized carbons (Fsp3) is 0.368. The van der Waals surface area contributed by atoms with Crippen molar-refractivity contribution in [3.8, 4) is 0 Å². The van der Waals surface area contributed by atoms with Crippen LogP contribution in [0.25, 0.3) is 0 Å². The molecule has 0 aliphatic carbocycles. The molecule has 1 saturated heterocycles. The molecule has 1 atom stereocenters. The molecule has 1 N–H and O–H groups in total. The summed E-state index contributed by atoms with van der Waals surface area (Å²) in [5.74, 6) is -0.878. The van der Waals surface area contributed by atoms with Gasteiger partial charge < -0.3 is 5.11 Å². The first kappa shape index (κ1) is 15.7. The maximum atomic E-state index is 11.2. The number of pyridine rings is 1. The zero-order valence-electron chi connectivity index (χ0n) is 13.4. The van der Waals surface area contributed by atoms with Crippen LogP contribution in [0.5, 0.6) is 0 Å². The maximum Gasteiger partial charge on any atom is 0.306 e. The van der Waals surface area contributed by atoms with E-state index in [4.69, 9.17) is 0 Å². The molecule has 1 aromatic carbocycles. The molecule has 4 heteroatoms. The minimum absolute atomic E-state index is 0.138. The topological polar surface area (TPSA) is 53.4 Å². The number of aliphatic carboxylic acids is 1. The van der Waals surface area contributed by atoms with Crippen LogP contribution in [-0.2, 0) is 4.79 Å². The van der Waals surface area contributed by atoms with Crippen molar-refractivity contribution < 1.29 is 9.90 Å². The minimum atomic E-state index is -0.669. The summed E-state index contributed by atoms with van der Waals surface area (Å²) in [4.78, 5) is 17.8. The van der Waals surface area contributed by atoms with Crippen LogP contribution in [0.3, 0.4) is 0 Å². The Morgan fingerprint density at radius 2 is 1.87 bits per heavy atom. The van der Waals surface area contributed by atoms with Crippen LogP contribution < -0.4 is 0 Å². The Hall–Kier alpha value is -2.20. The Bertz CT molecular complexity index is 647. The number of aromatic nitrogens is 1. The van der Waals surface area contributed by atoms with Crippen LogP contribution in [0, 0.1) is 12.8 Å². The van der Waals surface area contributed by atoms with Crippen molar-refractivity contribution in [1.29, 1.82) is 0 Å². The lowest BCUT2D eigenvalue weighted by molar-refractivity contribution is -0.143. The van der Waals surface area contributed by atoms with Crippen LogP contribution in [-0.4, -0.2) is 34.0 Å². The molecular weight excluding hydrogens is 288 g/mol. The maximum absolute atomic E-state index is 11.2. The number of aryl methyl sites for hydroxylation is 1. The second kappa shape index (κ2) is 6.92. The highest BCUT2D eigenvalue weighted by Gasteiger charge is 2.30. The number of benzene rings is 1. The van der Waals surface area contributed by atoms with Crippen LogP contribution in [0.2, 0.25) is 0 Å². The van der Waals surface area contributed by atoms with E-state index >= 15 is 0 Å². The van der Waals surface area contributed by atoms with E-state index in [0.29, 0.717) is 12.8 Å². The quantitative estimate of drug-likeness (QED) is 0.941. The molecule has 0 radical (unpaired) electrons. The van der Waals surface area contributed by atoms with Crippen LogP contribution in [0.1, 0.15) is 35.6 Å². The fourth-order valence-electron chi connectivity index (χ4n) is 3.31. The van der Waals surface area contributed by atoms with E-state index < -0.39 is 5.97 Å². The number of piperidine rings is 1. The summed E-state index contributed by atoms with van der Waals surface area (Å²) < 4.78 is 0. The Labute approximate surface area is 136 Å². The number of carboxylic acids is 1. The third-order valence-electron chi connectivity index (χ3n) is 4.64. The van der Waals surface area contributed by atoms with Gasteiger partial charge in [-0.15, -0.1) is 0 Å². The number of rotatable bonds is 4. The second-order valence-corrected chi connectivity index (χ2v) is 6.25. The number of hydrogen-bond acceptors (Lipinski definition) is 3. The Balaban J connectivity index is 1.87. The number of likely N-dealkylation sites (tertiary alicyclic amines) is 1. The average Bonchev–Trinajstić information content (AvgIpc) is 2.58. The van der Waals surface area contributed by atoms with Crippen molar-refractivity contribution in [1.82, 2.24) is 9.88 Å². The van der Waals surface area contributed by atoms with Gasteiger partial charge in [0.2, 0.25) is 0 Å². The monoisotopic (exact) mass is 310 g/mol. The standard InChI is InChI=1S/C19H22N2O2/c1-14-4-6-15(7-5-14)18(17-3-2-10-20-13-17)21-11-8-16(9-12-21)19(22)23/h2-7,10,13,16,18H,8-9,11-12H2,1H3,(H,22,23). The molecule has 4 nitrogen and oxygen atoms in total. The molecule has 0 bridgehead atoms. The largest absolute Gasteiger partial charge is 0.481 e. The lowest BCUT2D eigenvalue weighted by Crippen LogP contribution is -2.39. The van der Waals surface area contributed by atoms with Crippen molar-refractivity contribution in [2.75, 3.05) is 13.1 Å². The summed E-state index contributed by atoms with van der Waals surface area (Å²) in [7, 11) is 0. The Morgan fingerprint density at radius 1 is 1.17 bits per heavy atom. The Kier molecular flexibility index (Phi) is 4.72. The van der Waals surface area contributed by atoms with E-state index in [9.17, 15) is 9.90 Å². The van der Waals surface area contributed by atoms with Gasteiger partial charge in [0.25, 0.3) is 0 Å². The van der Waals surface area contributed by atoms with Crippen molar-refractivity contribution in [3.63, 3.8) is 0 Å². The smallest absolute Gasteiger partial charge is 0.306 e. The first-order valence-corrected chi connectivity index (χ1v) is 8.08. The zero-order chi connectivity index (χ0) is 16.2. The summed E-state index contributed by atoms with van der Waals surface area (Å²) in [5.41, 5.74) is 3.63. The second-order valence-electron chi connectivity index (χ2n) is 6.25. The SMILES string of the molecule is Cc1ccc(C(c2cccnc2)N2CCC(C(=O)O)CC2)cc1. The van der Waals surface area contributed by atoms with E-state index in [2.05, 4.69) is 47.1 Å². The van der Waals surface area contributed by atoms with Gasteiger partial charge in [-0.2, -0.15) is 0 Å². The number of carbonyl (C=O) groups is 1. The van der Waals surface area contributed by atoms with Crippen molar-refractivity contribution >= 4 is 5.97 Å². The molecule has 120 valence electrons. The molecule has 2 heterocycles. The molecule has 2 aromatic rings. The minimum Gasteiger partial charge on any atom is -0.481 e. The average molecular weight is 310 g/mol. The highest BCUT2D eigenvalue weighted by Crippen LogP contribution is 2.32. The molecule has 0 amide bonds. The summed E-state index contributed by atoms with van der Waals surface area (Å²) in [6.45, 7) is 3.68. The number of hydrogen-bond donors (Lipinski definition) is 1. The predicted molar refractivity (Wildman–Crippen MR) is 89.2 cm³/mol. The van der Waals surface area contributed by atoms with Gasteiger partial charge in [-0.05, 0) is 50.0 Å². The summed E-state index contributed by atoms with van der Waals surface area (Å²) in [6.07, 6.45) is 5.11. The van der Waals surface area contributed by atoms with E-state index in [1.165, 1.54) is 11.1 Å². The third kappa shape index (κ3) is 3.59. The molecule has 1 aromatic heterocycles. The van der Waals surface area contributed by atoms with Gasteiger partial charge in [0.15, 0.2) is 0 Å². The van der Waals surface area contributed by atoms with Gasteiger partial charge in [0.1, 0.15) is 0 Å². The van der Waals surface area contributed by atoms with Crippen LogP contribution in [0.4, 0.5) is 0 Å². The molecule has 0 saturated carbocycles. The van der Waals surface area contributed by atoms with E-state index in [0.717, 1.165) is 18.7 Å². The molecule has 1 aliphatic rings. The predicted octanol–water partition coefficient (Wildman–Crippen LogP) is 3.28. The highest BCUT2D eigenvalue weighted by molar-refractivity contribution is 5.70. The molecule has 3 rings (SSSR count). The van der Waals surface area contributed by atoms with Crippen molar-refractivity contribution in [2.24, 2.45) is 5.92 Å². The van der Waals surface area contributed by atoms with Crippen LogP contribution in [0.15, 0.2) is 48.8 Å². The number of nitrogens with zero attached hydrogens (tertiary/aromatic N) is 2. The lowest BCUT2D eigenvalue weighted by Gasteiger charge is -2.37. The summed E-state index contributed by atoms with van der Waals surface area (Å²) in [6, 6.07) is 12.8. The molecule has 0 spiro atoms. The first-order chi connectivity index (χ1) is 11.1. The van der Waals surface area contributed by atoms with E-state index in [-0.39, 0.29) is 12.0 Å². The van der Waals surface area contributed by atoms with Gasteiger partial charge >= 0.3 is 5.97 Å². The van der Waals surface area contributed by atoms with Gasteiger partial charge in [-0.1, -0.05) is 35.9 Å². The van der Waals surface area contributed by atoms with Gasteiger partial charge in [-0.25, -0.2) is 0 Å².